The van der Waals surface area contributed by atoms with Crippen LogP contribution in [0.3, 0.4) is 0 Å². The van der Waals surface area contributed by atoms with Crippen LogP contribution in [0.5, 0.6) is 0 Å². The average molecular weight is 314 g/mol. The summed E-state index contributed by atoms with van der Waals surface area (Å²) in [5.74, 6) is -0.627. The predicted octanol–water partition coefficient (Wildman–Crippen LogP) is 3.25. The van der Waals surface area contributed by atoms with E-state index in [2.05, 4.69) is 6.58 Å². The number of ketones is 3. The van der Waals surface area contributed by atoms with Crippen LogP contribution in [0.1, 0.15) is 48.5 Å². The summed E-state index contributed by atoms with van der Waals surface area (Å²) in [5.41, 5.74) is 2.33. The van der Waals surface area contributed by atoms with Crippen molar-refractivity contribution in [1.82, 2.24) is 0 Å². The molecule has 4 heteroatoms. The molecule has 23 heavy (non-hydrogen) atoms. The lowest BCUT2D eigenvalue weighted by atomic mass is 9.81. The molecule has 122 valence electrons. The molecule has 0 aliphatic heterocycles. The number of methoxy groups -OCH3 is 1. The molecule has 1 aromatic rings. The number of hydrogen-bond acceptors (Lipinski definition) is 4. The van der Waals surface area contributed by atoms with Gasteiger partial charge in [-0.05, 0) is 25.3 Å². The number of carbonyl (C=O) groups excluding carboxylic acids is 3. The van der Waals surface area contributed by atoms with E-state index in [1.807, 2.05) is 25.1 Å². The van der Waals surface area contributed by atoms with Gasteiger partial charge in [0.1, 0.15) is 0 Å². The molecule has 4 nitrogen and oxygen atoms in total. The van der Waals surface area contributed by atoms with Crippen molar-refractivity contribution in [3.05, 3.63) is 42.0 Å². The van der Waals surface area contributed by atoms with Crippen LogP contribution >= 0.6 is 0 Å². The van der Waals surface area contributed by atoms with Crippen LogP contribution in [0.25, 0.3) is 5.57 Å². The minimum absolute atomic E-state index is 0.00210. The predicted molar refractivity (Wildman–Crippen MR) is 88.2 cm³/mol. The molecule has 0 saturated heterocycles. The summed E-state index contributed by atoms with van der Waals surface area (Å²) in [6.45, 7) is 5.77. The Morgan fingerprint density at radius 2 is 1.91 bits per heavy atom. The number of hydrogen-bond donors (Lipinski definition) is 0. The van der Waals surface area contributed by atoms with Gasteiger partial charge in [0.15, 0.2) is 23.5 Å². The third kappa shape index (κ3) is 3.82. The normalized spacial score (nSPS) is 21.3. The fraction of sp³-hybridized carbons (Fsp3) is 0.421. The van der Waals surface area contributed by atoms with Gasteiger partial charge in [-0.3, -0.25) is 14.4 Å². The number of rotatable bonds is 6. The Bertz CT molecular complexity index is 645. The van der Waals surface area contributed by atoms with Crippen LogP contribution in [-0.4, -0.2) is 30.6 Å². The van der Waals surface area contributed by atoms with E-state index < -0.39 is 6.10 Å². The van der Waals surface area contributed by atoms with Gasteiger partial charge in [-0.15, -0.1) is 0 Å². The van der Waals surface area contributed by atoms with Gasteiger partial charge in [0, 0.05) is 31.4 Å². The first-order chi connectivity index (χ1) is 11.0. The Kier molecular flexibility index (Phi) is 5.61. The van der Waals surface area contributed by atoms with Crippen LogP contribution in [0, 0.1) is 5.92 Å². The van der Waals surface area contributed by atoms with Crippen LogP contribution in [0.4, 0.5) is 0 Å². The second-order valence-electron chi connectivity index (χ2n) is 6.01. The average Bonchev–Trinajstić information content (AvgIpc) is 2.54. The molecule has 0 bridgehead atoms. The number of allylic oxidation sites excluding steroid dienone is 1. The molecule has 1 aromatic carbocycles. The largest absolute Gasteiger partial charge is 0.366 e. The summed E-state index contributed by atoms with van der Waals surface area (Å²) in [6, 6.07) is 7.36. The van der Waals surface area contributed by atoms with Crippen molar-refractivity contribution in [3.8, 4) is 0 Å². The van der Waals surface area contributed by atoms with Gasteiger partial charge in [0.2, 0.25) is 0 Å². The zero-order chi connectivity index (χ0) is 17.0. The van der Waals surface area contributed by atoms with E-state index >= 15 is 0 Å². The fourth-order valence-corrected chi connectivity index (χ4v) is 3.04. The van der Waals surface area contributed by atoms with E-state index in [1.165, 1.54) is 7.11 Å². The molecule has 1 aliphatic carbocycles. The first kappa shape index (κ1) is 17.3. The van der Waals surface area contributed by atoms with Gasteiger partial charge in [-0.2, -0.15) is 0 Å². The molecule has 2 unspecified atom stereocenters. The highest BCUT2D eigenvalue weighted by Crippen LogP contribution is 2.26. The van der Waals surface area contributed by atoms with Crippen molar-refractivity contribution >= 4 is 22.9 Å². The Hall–Kier alpha value is -2.07. The molecule has 0 aromatic heterocycles. The van der Waals surface area contributed by atoms with Gasteiger partial charge >= 0.3 is 0 Å². The second kappa shape index (κ2) is 7.47. The minimum atomic E-state index is -0.952. The molecule has 1 aliphatic rings. The monoisotopic (exact) mass is 314 g/mol. The number of carbonyl (C=O) groups is 3. The van der Waals surface area contributed by atoms with Crippen LogP contribution in [-0.2, 0) is 14.3 Å². The van der Waals surface area contributed by atoms with Gasteiger partial charge in [0.25, 0.3) is 0 Å². The lowest BCUT2D eigenvalue weighted by Gasteiger charge is -2.25. The maximum absolute atomic E-state index is 12.5. The zero-order valence-corrected chi connectivity index (χ0v) is 13.6. The van der Waals surface area contributed by atoms with Crippen molar-refractivity contribution < 1.29 is 19.1 Å². The first-order valence-corrected chi connectivity index (χ1v) is 7.83. The molecule has 0 heterocycles. The summed E-state index contributed by atoms with van der Waals surface area (Å²) < 4.78 is 4.99. The molecular formula is C19H22O4. The summed E-state index contributed by atoms with van der Waals surface area (Å²) in [6.07, 6.45) is 0.630. The molecule has 0 radical (unpaired) electrons. The molecule has 1 fully saturated rings. The summed E-state index contributed by atoms with van der Waals surface area (Å²) in [4.78, 5) is 36.3. The van der Waals surface area contributed by atoms with Crippen LogP contribution < -0.4 is 0 Å². The Labute approximate surface area is 136 Å². The van der Waals surface area contributed by atoms with Crippen molar-refractivity contribution in [2.45, 2.75) is 38.7 Å². The van der Waals surface area contributed by atoms with Crippen molar-refractivity contribution in [1.29, 1.82) is 0 Å². The molecule has 0 N–H and O–H groups in total. The molecule has 2 rings (SSSR count). The van der Waals surface area contributed by atoms with E-state index in [-0.39, 0.29) is 29.7 Å². The second-order valence-corrected chi connectivity index (χ2v) is 6.01. The summed E-state index contributed by atoms with van der Waals surface area (Å²) in [5, 5.41) is 0. The Morgan fingerprint density at radius 3 is 2.52 bits per heavy atom. The number of benzene rings is 1. The quantitative estimate of drug-likeness (QED) is 0.597. The lowest BCUT2D eigenvalue weighted by molar-refractivity contribution is -0.147. The lowest BCUT2D eigenvalue weighted by Crippen LogP contribution is -2.41. The maximum atomic E-state index is 12.5. The molecule has 1 saturated carbocycles. The zero-order valence-electron chi connectivity index (χ0n) is 13.6. The molecule has 0 spiro atoms. The molecule has 0 amide bonds. The van der Waals surface area contributed by atoms with E-state index in [1.54, 1.807) is 6.07 Å². The summed E-state index contributed by atoms with van der Waals surface area (Å²) in [7, 11) is 1.37. The summed E-state index contributed by atoms with van der Waals surface area (Å²) >= 11 is 0. The van der Waals surface area contributed by atoms with Gasteiger partial charge in [-0.25, -0.2) is 0 Å². The number of Topliss-reactive ketones (excluding diaryl/α,β-unsaturated/α-hetero) is 3. The van der Waals surface area contributed by atoms with E-state index in [9.17, 15) is 14.4 Å². The first-order valence-electron chi connectivity index (χ1n) is 7.83. The van der Waals surface area contributed by atoms with Crippen molar-refractivity contribution in [2.75, 3.05) is 7.11 Å². The molecule has 2 atom stereocenters. The molecular weight excluding hydrogens is 292 g/mol. The van der Waals surface area contributed by atoms with Crippen molar-refractivity contribution in [3.63, 3.8) is 0 Å². The smallest absolute Gasteiger partial charge is 0.173 e. The topological polar surface area (TPSA) is 60.4 Å². The Morgan fingerprint density at radius 1 is 1.26 bits per heavy atom. The van der Waals surface area contributed by atoms with Crippen molar-refractivity contribution in [2.24, 2.45) is 5.92 Å². The number of ether oxygens (including phenoxy) is 1. The Balaban J connectivity index is 2.04. The highest BCUT2D eigenvalue weighted by Gasteiger charge is 2.37. The fourth-order valence-electron chi connectivity index (χ4n) is 3.04. The minimum Gasteiger partial charge on any atom is -0.366 e. The van der Waals surface area contributed by atoms with Gasteiger partial charge in [-0.1, -0.05) is 36.4 Å². The van der Waals surface area contributed by atoms with E-state index in [0.717, 1.165) is 11.1 Å². The van der Waals surface area contributed by atoms with E-state index in [0.29, 0.717) is 24.8 Å². The third-order valence-electron chi connectivity index (χ3n) is 4.34. The standard InChI is InChI=1S/C19H22O4/c1-12(2)14-6-4-5-7-15(14)16(20)10-8-13-9-11-17(21)19(23-3)18(13)22/h4-7,13,19H,1,8-11H2,2-3H3. The highest BCUT2D eigenvalue weighted by molar-refractivity contribution is 6.08. The van der Waals surface area contributed by atoms with E-state index in [4.69, 9.17) is 4.74 Å². The van der Waals surface area contributed by atoms with Gasteiger partial charge in [0.05, 0.1) is 0 Å². The SMILES string of the molecule is C=C(C)c1ccccc1C(=O)CCC1CCC(=O)C(OC)C1=O. The van der Waals surface area contributed by atoms with Crippen LogP contribution in [0.15, 0.2) is 30.8 Å². The van der Waals surface area contributed by atoms with Crippen LogP contribution in [0.2, 0.25) is 0 Å². The van der Waals surface area contributed by atoms with Gasteiger partial charge < -0.3 is 4.74 Å². The maximum Gasteiger partial charge on any atom is 0.173 e. The highest BCUT2D eigenvalue weighted by atomic mass is 16.5. The third-order valence-corrected chi connectivity index (χ3v) is 4.34.